The van der Waals surface area contributed by atoms with Crippen molar-refractivity contribution < 1.29 is 9.21 Å². The van der Waals surface area contributed by atoms with Gasteiger partial charge in [0.15, 0.2) is 5.78 Å². The van der Waals surface area contributed by atoms with Gasteiger partial charge in [0, 0.05) is 42.8 Å². The van der Waals surface area contributed by atoms with Crippen LogP contribution < -0.4 is 5.32 Å². The molecule has 1 N–H and O–H groups in total. The highest BCUT2D eigenvalue weighted by molar-refractivity contribution is 7.99. The van der Waals surface area contributed by atoms with Crippen molar-refractivity contribution in [1.82, 2.24) is 15.1 Å². The Morgan fingerprint density at radius 1 is 1.10 bits per heavy atom. The summed E-state index contributed by atoms with van der Waals surface area (Å²) in [6.45, 7) is 3.86. The van der Waals surface area contributed by atoms with Gasteiger partial charge in [-0.25, -0.2) is 0 Å². The van der Waals surface area contributed by atoms with E-state index in [0.29, 0.717) is 23.0 Å². The molecular weight excluding hydrogens is 410 g/mol. The second-order valence-electron chi connectivity index (χ2n) is 7.26. The Bertz CT molecular complexity index is 1060. The van der Waals surface area contributed by atoms with Crippen molar-refractivity contribution in [3.05, 3.63) is 77.2 Å². The standard InChI is InChI=1S/C23H25N5O2S/c1-16(18-9-6-10-19(15-18)20(29)17-7-4-3-5-8-17)21-26-27-23(30-21)25-22(24-2)28-11-13-31-14-12-28/h3-10,15-16H,11-14H2,1-2H3,(H,24,25,27). The van der Waals surface area contributed by atoms with E-state index in [9.17, 15) is 4.79 Å². The zero-order chi connectivity index (χ0) is 21.6. The third kappa shape index (κ3) is 4.96. The van der Waals surface area contributed by atoms with Crippen molar-refractivity contribution in [3.8, 4) is 0 Å². The van der Waals surface area contributed by atoms with Crippen molar-refractivity contribution in [1.29, 1.82) is 0 Å². The number of carbonyl (C=O) groups is 1. The zero-order valence-electron chi connectivity index (χ0n) is 17.6. The van der Waals surface area contributed by atoms with Gasteiger partial charge in [-0.2, -0.15) is 11.8 Å². The number of carbonyl (C=O) groups excluding carboxylic acids is 1. The number of thioether (sulfide) groups is 1. The Hall–Kier alpha value is -3.13. The molecule has 1 unspecified atom stereocenters. The molecule has 1 aliphatic rings. The second-order valence-corrected chi connectivity index (χ2v) is 8.48. The van der Waals surface area contributed by atoms with Gasteiger partial charge in [0.05, 0.1) is 5.92 Å². The molecule has 1 aliphatic heterocycles. The molecule has 2 aromatic carbocycles. The van der Waals surface area contributed by atoms with Gasteiger partial charge >= 0.3 is 6.01 Å². The number of nitrogens with one attached hydrogen (secondary N) is 1. The van der Waals surface area contributed by atoms with E-state index in [-0.39, 0.29) is 11.7 Å². The molecule has 160 valence electrons. The molecule has 1 atom stereocenters. The predicted octanol–water partition coefficient (Wildman–Crippen LogP) is 3.90. The highest BCUT2D eigenvalue weighted by Crippen LogP contribution is 2.26. The lowest BCUT2D eigenvalue weighted by Crippen LogP contribution is -2.41. The molecule has 3 aromatic rings. The summed E-state index contributed by atoms with van der Waals surface area (Å²) in [6.07, 6.45) is 0. The molecule has 0 spiro atoms. The molecule has 1 fully saturated rings. The minimum atomic E-state index is -0.153. The molecular formula is C23H25N5O2S. The van der Waals surface area contributed by atoms with E-state index in [1.165, 1.54) is 0 Å². The molecule has 0 aliphatic carbocycles. The normalized spacial score (nSPS) is 15.5. The highest BCUT2D eigenvalue weighted by atomic mass is 32.2. The molecule has 0 radical (unpaired) electrons. The van der Waals surface area contributed by atoms with Crippen molar-refractivity contribution >= 4 is 29.5 Å². The third-order valence-corrected chi connectivity index (χ3v) is 6.18. The Morgan fingerprint density at radius 2 is 1.84 bits per heavy atom. The van der Waals surface area contributed by atoms with Crippen molar-refractivity contribution in [2.75, 3.05) is 37.0 Å². The van der Waals surface area contributed by atoms with Crippen LogP contribution in [-0.4, -0.2) is 58.5 Å². The smallest absolute Gasteiger partial charge is 0.322 e. The Kier molecular flexibility index (Phi) is 6.66. The van der Waals surface area contributed by atoms with Crippen LogP contribution in [0.3, 0.4) is 0 Å². The van der Waals surface area contributed by atoms with E-state index in [1.807, 2.05) is 73.3 Å². The van der Waals surface area contributed by atoms with Crippen molar-refractivity contribution in [2.45, 2.75) is 12.8 Å². The summed E-state index contributed by atoms with van der Waals surface area (Å²) >= 11 is 1.94. The molecule has 0 amide bonds. The number of hydrogen-bond donors (Lipinski definition) is 1. The maximum Gasteiger partial charge on any atom is 0.322 e. The maximum absolute atomic E-state index is 12.8. The van der Waals surface area contributed by atoms with Crippen LogP contribution in [0.1, 0.15) is 40.2 Å². The largest absolute Gasteiger partial charge is 0.407 e. The number of anilines is 1. The minimum absolute atomic E-state index is 0.00831. The lowest BCUT2D eigenvalue weighted by Gasteiger charge is -2.28. The minimum Gasteiger partial charge on any atom is -0.407 e. The Labute approximate surface area is 186 Å². The number of nitrogens with zero attached hydrogens (tertiary/aromatic N) is 4. The average Bonchev–Trinajstić information content (AvgIpc) is 3.31. The molecule has 4 rings (SSSR count). The fourth-order valence-electron chi connectivity index (χ4n) is 3.46. The van der Waals surface area contributed by atoms with Gasteiger partial charge < -0.3 is 9.32 Å². The van der Waals surface area contributed by atoms with Crippen LogP contribution in [0.15, 0.2) is 64.0 Å². The van der Waals surface area contributed by atoms with Gasteiger partial charge in [-0.3, -0.25) is 15.1 Å². The van der Waals surface area contributed by atoms with E-state index in [1.54, 1.807) is 7.05 Å². The Balaban J connectivity index is 1.48. The summed E-state index contributed by atoms with van der Waals surface area (Å²) in [5, 5.41) is 11.5. The van der Waals surface area contributed by atoms with Crippen LogP contribution >= 0.6 is 11.8 Å². The number of guanidine groups is 1. The van der Waals surface area contributed by atoms with Gasteiger partial charge in [0.25, 0.3) is 0 Å². The number of aliphatic imine (C=N–C) groups is 1. The molecule has 31 heavy (non-hydrogen) atoms. The number of ketones is 1. The molecule has 1 aromatic heterocycles. The van der Waals surface area contributed by atoms with Crippen LogP contribution in [0.25, 0.3) is 0 Å². The summed E-state index contributed by atoms with van der Waals surface area (Å²) in [5.74, 6) is 3.21. The number of hydrogen-bond acceptors (Lipinski definition) is 6. The quantitative estimate of drug-likeness (QED) is 0.370. The van der Waals surface area contributed by atoms with E-state index in [2.05, 4.69) is 25.4 Å². The predicted molar refractivity (Wildman–Crippen MR) is 124 cm³/mol. The van der Waals surface area contributed by atoms with Crippen LogP contribution in [0.2, 0.25) is 0 Å². The van der Waals surface area contributed by atoms with Crippen molar-refractivity contribution in [2.24, 2.45) is 4.99 Å². The summed E-state index contributed by atoms with van der Waals surface area (Å²) in [4.78, 5) is 19.3. The molecule has 2 heterocycles. The monoisotopic (exact) mass is 435 g/mol. The first-order chi connectivity index (χ1) is 15.2. The number of benzene rings is 2. The molecule has 0 saturated carbocycles. The summed E-state index contributed by atoms with van der Waals surface area (Å²) in [5.41, 5.74) is 2.24. The van der Waals surface area contributed by atoms with E-state index in [0.717, 1.165) is 36.1 Å². The summed E-state index contributed by atoms with van der Waals surface area (Å²) in [7, 11) is 1.75. The van der Waals surface area contributed by atoms with Crippen LogP contribution in [0.5, 0.6) is 0 Å². The average molecular weight is 436 g/mol. The first kappa shape index (κ1) is 21.1. The third-order valence-electron chi connectivity index (χ3n) is 5.24. The lowest BCUT2D eigenvalue weighted by molar-refractivity contribution is 0.103. The number of aromatic nitrogens is 2. The molecule has 1 saturated heterocycles. The first-order valence-electron chi connectivity index (χ1n) is 10.3. The van der Waals surface area contributed by atoms with E-state index in [4.69, 9.17) is 4.42 Å². The van der Waals surface area contributed by atoms with Crippen LogP contribution in [0, 0.1) is 0 Å². The SMILES string of the molecule is CN=C(Nc1nnc(C(C)c2cccc(C(=O)c3ccccc3)c2)o1)N1CCSCC1. The topological polar surface area (TPSA) is 83.6 Å². The summed E-state index contributed by atoms with van der Waals surface area (Å²) in [6, 6.07) is 17.2. The lowest BCUT2D eigenvalue weighted by atomic mass is 9.96. The van der Waals surface area contributed by atoms with E-state index >= 15 is 0 Å². The van der Waals surface area contributed by atoms with E-state index < -0.39 is 0 Å². The summed E-state index contributed by atoms with van der Waals surface area (Å²) < 4.78 is 5.88. The first-order valence-corrected chi connectivity index (χ1v) is 11.4. The fourth-order valence-corrected chi connectivity index (χ4v) is 4.36. The second kappa shape index (κ2) is 9.78. The van der Waals surface area contributed by atoms with Crippen LogP contribution in [0.4, 0.5) is 6.01 Å². The van der Waals surface area contributed by atoms with Gasteiger partial charge in [-0.15, -0.1) is 5.10 Å². The molecule has 7 nitrogen and oxygen atoms in total. The van der Waals surface area contributed by atoms with Gasteiger partial charge in [0.2, 0.25) is 11.9 Å². The molecule has 0 bridgehead atoms. The Morgan fingerprint density at radius 3 is 2.58 bits per heavy atom. The zero-order valence-corrected chi connectivity index (χ0v) is 18.4. The fraction of sp³-hybridized carbons (Fsp3) is 0.304. The van der Waals surface area contributed by atoms with Crippen molar-refractivity contribution in [3.63, 3.8) is 0 Å². The van der Waals surface area contributed by atoms with Gasteiger partial charge in [-0.1, -0.05) is 53.6 Å². The maximum atomic E-state index is 12.8. The van der Waals surface area contributed by atoms with Gasteiger partial charge in [0.1, 0.15) is 0 Å². The number of rotatable bonds is 5. The molecule has 8 heteroatoms. The highest BCUT2D eigenvalue weighted by Gasteiger charge is 2.20. The van der Waals surface area contributed by atoms with Gasteiger partial charge in [-0.05, 0) is 18.6 Å². The van der Waals surface area contributed by atoms with Crippen LogP contribution in [-0.2, 0) is 0 Å².